The predicted octanol–water partition coefficient (Wildman–Crippen LogP) is 0.521. The summed E-state index contributed by atoms with van der Waals surface area (Å²) in [5.74, 6) is -1.29. The summed E-state index contributed by atoms with van der Waals surface area (Å²) in [6, 6.07) is 0. The van der Waals surface area contributed by atoms with Gasteiger partial charge in [-0.25, -0.2) is 0 Å². The van der Waals surface area contributed by atoms with Crippen LogP contribution in [-0.4, -0.2) is 40.8 Å². The zero-order valence-corrected chi connectivity index (χ0v) is 11.9. The molecule has 112 valence electrons. The van der Waals surface area contributed by atoms with E-state index in [1.807, 2.05) is 6.92 Å². The van der Waals surface area contributed by atoms with E-state index in [-0.39, 0.29) is 29.6 Å². The molecule has 5 nitrogen and oxygen atoms in total. The van der Waals surface area contributed by atoms with Crippen molar-refractivity contribution in [3.63, 3.8) is 0 Å². The number of ether oxygens (including phenoxy) is 1. The van der Waals surface area contributed by atoms with Gasteiger partial charge in [0.25, 0.3) is 0 Å². The molecular formula is C15H22O5. The molecule has 0 unspecified atom stereocenters. The third-order valence-corrected chi connectivity index (χ3v) is 5.96. The van der Waals surface area contributed by atoms with Gasteiger partial charge in [-0.05, 0) is 19.3 Å². The number of aldehydes is 1. The largest absolute Gasteiger partial charge is 0.461 e. The summed E-state index contributed by atoms with van der Waals surface area (Å²) in [7, 11) is 0. The Hall–Kier alpha value is -0.940. The van der Waals surface area contributed by atoms with Gasteiger partial charge in [0.05, 0.1) is 18.1 Å². The predicted molar refractivity (Wildman–Crippen MR) is 69.5 cm³/mol. The number of hydrogen-bond acceptors (Lipinski definition) is 5. The smallest absolute Gasteiger partial charge is 0.309 e. The quantitative estimate of drug-likeness (QED) is 0.541. The van der Waals surface area contributed by atoms with Gasteiger partial charge in [-0.2, -0.15) is 0 Å². The van der Waals surface area contributed by atoms with Crippen LogP contribution in [0, 0.1) is 29.1 Å². The average molecular weight is 282 g/mol. The number of aliphatic hydroxyl groups excluding tert-OH is 2. The van der Waals surface area contributed by atoms with Crippen molar-refractivity contribution in [2.24, 2.45) is 29.1 Å². The number of carbonyl (C=O) groups is 2. The Labute approximate surface area is 118 Å². The average Bonchev–Trinajstić information content (AvgIpc) is 2.68. The van der Waals surface area contributed by atoms with Crippen LogP contribution in [0.2, 0.25) is 0 Å². The number of esters is 1. The Bertz CT molecular complexity index is 436. The molecule has 2 aliphatic carbocycles. The Kier molecular flexibility index (Phi) is 3.18. The summed E-state index contributed by atoms with van der Waals surface area (Å²) >= 11 is 0. The molecule has 1 aliphatic heterocycles. The first-order chi connectivity index (χ1) is 9.40. The lowest BCUT2D eigenvalue weighted by molar-refractivity contribution is -0.186. The lowest BCUT2D eigenvalue weighted by Crippen LogP contribution is -2.60. The van der Waals surface area contributed by atoms with Gasteiger partial charge in [-0.1, -0.05) is 13.8 Å². The summed E-state index contributed by atoms with van der Waals surface area (Å²) < 4.78 is 5.49. The standard InChI is InChI=1S/C15H22O5/c1-7-11-9(17)5-15(2)10(18)4-3-8(6-16)12(15)13(11)20-14(7)19/h6-13,17-18H,3-5H2,1-2H3/t7-,8+,9-,10+,11+,12+,13-,15-/m0/s1. The van der Waals surface area contributed by atoms with Crippen molar-refractivity contribution in [1.29, 1.82) is 0 Å². The minimum absolute atomic E-state index is 0.189. The van der Waals surface area contributed by atoms with E-state index in [2.05, 4.69) is 0 Å². The zero-order valence-electron chi connectivity index (χ0n) is 11.9. The molecule has 0 spiro atoms. The number of rotatable bonds is 1. The fraction of sp³-hybridized carbons (Fsp3) is 0.867. The van der Waals surface area contributed by atoms with Crippen LogP contribution in [0.25, 0.3) is 0 Å². The maximum absolute atomic E-state index is 11.9. The molecule has 3 fully saturated rings. The van der Waals surface area contributed by atoms with E-state index in [4.69, 9.17) is 4.74 Å². The molecule has 0 aromatic heterocycles. The highest BCUT2D eigenvalue weighted by Gasteiger charge is 2.63. The van der Waals surface area contributed by atoms with Crippen molar-refractivity contribution in [1.82, 2.24) is 0 Å². The minimum Gasteiger partial charge on any atom is -0.461 e. The van der Waals surface area contributed by atoms with Gasteiger partial charge in [0.15, 0.2) is 0 Å². The molecular weight excluding hydrogens is 260 g/mol. The number of carbonyl (C=O) groups excluding carboxylic acids is 2. The summed E-state index contributed by atoms with van der Waals surface area (Å²) in [5.41, 5.74) is -0.561. The van der Waals surface area contributed by atoms with Gasteiger partial charge < -0.3 is 19.7 Å². The molecule has 0 aromatic rings. The van der Waals surface area contributed by atoms with Crippen LogP contribution >= 0.6 is 0 Å². The number of fused-ring (bicyclic) bond motifs is 3. The van der Waals surface area contributed by atoms with E-state index >= 15 is 0 Å². The molecule has 5 heteroatoms. The van der Waals surface area contributed by atoms with Crippen molar-refractivity contribution in [3.05, 3.63) is 0 Å². The number of aliphatic hydroxyl groups is 2. The highest BCUT2D eigenvalue weighted by atomic mass is 16.6. The SMILES string of the molecule is C[C@@H]1C(=O)O[C@H]2[C@H]1[C@@H](O)C[C@]1(C)[C@@H]2[C@@H](C=O)CC[C@H]1O. The van der Waals surface area contributed by atoms with E-state index < -0.39 is 23.7 Å². The van der Waals surface area contributed by atoms with Crippen LogP contribution in [0.15, 0.2) is 0 Å². The van der Waals surface area contributed by atoms with Crippen LogP contribution in [0.5, 0.6) is 0 Å². The van der Waals surface area contributed by atoms with Gasteiger partial charge in [-0.3, -0.25) is 4.79 Å². The first-order valence-electron chi connectivity index (χ1n) is 7.42. The van der Waals surface area contributed by atoms with Gasteiger partial charge in [0.1, 0.15) is 12.4 Å². The topological polar surface area (TPSA) is 83.8 Å². The lowest BCUT2D eigenvalue weighted by Gasteiger charge is -2.55. The third-order valence-electron chi connectivity index (χ3n) is 5.96. The molecule has 3 rings (SSSR count). The molecule has 0 radical (unpaired) electrons. The van der Waals surface area contributed by atoms with E-state index in [1.54, 1.807) is 6.92 Å². The van der Waals surface area contributed by atoms with Crippen molar-refractivity contribution in [2.45, 2.75) is 51.4 Å². The Balaban J connectivity index is 2.02. The van der Waals surface area contributed by atoms with E-state index in [0.717, 1.165) is 6.29 Å². The van der Waals surface area contributed by atoms with Crippen LogP contribution in [-0.2, 0) is 14.3 Å². The van der Waals surface area contributed by atoms with E-state index in [1.165, 1.54) is 0 Å². The zero-order chi connectivity index (χ0) is 14.7. The fourth-order valence-electron chi connectivity index (χ4n) is 4.83. The van der Waals surface area contributed by atoms with E-state index in [0.29, 0.717) is 19.3 Å². The van der Waals surface area contributed by atoms with Gasteiger partial charge in [0.2, 0.25) is 0 Å². The highest BCUT2D eigenvalue weighted by molar-refractivity contribution is 5.75. The van der Waals surface area contributed by atoms with E-state index in [9.17, 15) is 19.8 Å². The van der Waals surface area contributed by atoms with Crippen molar-refractivity contribution in [2.75, 3.05) is 0 Å². The monoisotopic (exact) mass is 282 g/mol. The fourth-order valence-corrected chi connectivity index (χ4v) is 4.83. The molecule has 0 aromatic carbocycles. The molecule has 20 heavy (non-hydrogen) atoms. The molecule has 2 N–H and O–H groups in total. The molecule has 1 heterocycles. The van der Waals surface area contributed by atoms with Crippen molar-refractivity contribution < 1.29 is 24.5 Å². The minimum atomic E-state index is -0.664. The number of hydrogen-bond donors (Lipinski definition) is 2. The second-order valence-corrected chi connectivity index (χ2v) is 6.96. The second-order valence-electron chi connectivity index (χ2n) is 6.96. The first kappa shape index (κ1) is 14.0. The molecule has 1 saturated heterocycles. The van der Waals surface area contributed by atoms with Crippen LogP contribution in [0.3, 0.4) is 0 Å². The summed E-state index contributed by atoms with van der Waals surface area (Å²) in [6.45, 7) is 3.68. The second kappa shape index (κ2) is 4.53. The molecule has 8 atom stereocenters. The van der Waals surface area contributed by atoms with Gasteiger partial charge in [0, 0.05) is 23.2 Å². The Morgan fingerprint density at radius 3 is 2.70 bits per heavy atom. The normalized spacial score (nSPS) is 54.8. The summed E-state index contributed by atoms with van der Waals surface area (Å²) in [6.07, 6.45) is 0.861. The molecule has 0 bridgehead atoms. The summed E-state index contributed by atoms with van der Waals surface area (Å²) in [4.78, 5) is 23.3. The van der Waals surface area contributed by atoms with Crippen LogP contribution in [0.4, 0.5) is 0 Å². The third kappa shape index (κ3) is 1.69. The maximum Gasteiger partial charge on any atom is 0.309 e. The Morgan fingerprint density at radius 1 is 1.35 bits per heavy atom. The van der Waals surface area contributed by atoms with Crippen LogP contribution in [0.1, 0.15) is 33.1 Å². The highest BCUT2D eigenvalue weighted by Crippen LogP contribution is 2.57. The molecule has 0 amide bonds. The molecule has 3 aliphatic rings. The molecule has 2 saturated carbocycles. The maximum atomic E-state index is 11.9. The summed E-state index contributed by atoms with van der Waals surface area (Å²) in [5, 5.41) is 20.8. The van der Waals surface area contributed by atoms with Gasteiger partial charge >= 0.3 is 5.97 Å². The van der Waals surface area contributed by atoms with Crippen molar-refractivity contribution >= 4 is 12.3 Å². The van der Waals surface area contributed by atoms with Crippen LogP contribution < -0.4 is 0 Å². The lowest BCUT2D eigenvalue weighted by atomic mass is 9.51. The van der Waals surface area contributed by atoms with Gasteiger partial charge in [-0.15, -0.1) is 0 Å². The van der Waals surface area contributed by atoms with Crippen molar-refractivity contribution in [3.8, 4) is 0 Å². The Morgan fingerprint density at radius 2 is 2.05 bits per heavy atom. The first-order valence-corrected chi connectivity index (χ1v) is 7.42.